The highest BCUT2D eigenvalue weighted by molar-refractivity contribution is 5.92. The average Bonchev–Trinajstić information content (AvgIpc) is 3.54. The Kier molecular flexibility index (Phi) is 6.59. The van der Waals surface area contributed by atoms with Crippen molar-refractivity contribution in [2.75, 3.05) is 7.11 Å². The Labute approximate surface area is 213 Å². The number of hydrogen-bond donors (Lipinski definition) is 1. The molecule has 1 amide bonds. The zero-order chi connectivity index (χ0) is 25.9. The van der Waals surface area contributed by atoms with Crippen LogP contribution >= 0.6 is 0 Å². The molecule has 3 aromatic carbocycles. The van der Waals surface area contributed by atoms with Gasteiger partial charge in [0.15, 0.2) is 0 Å². The van der Waals surface area contributed by atoms with Crippen molar-refractivity contribution >= 4 is 16.8 Å². The molecular weight excluding hydrogens is 473 g/mol. The highest BCUT2D eigenvalue weighted by atomic mass is 19.1. The van der Waals surface area contributed by atoms with E-state index in [4.69, 9.17) is 9.47 Å². The topological polar surface area (TPSA) is 83.2 Å². The first-order chi connectivity index (χ1) is 17.9. The molecule has 0 saturated heterocycles. The second kappa shape index (κ2) is 10.1. The van der Waals surface area contributed by atoms with E-state index in [9.17, 15) is 9.18 Å². The van der Waals surface area contributed by atoms with Gasteiger partial charge in [-0.1, -0.05) is 12.1 Å². The van der Waals surface area contributed by atoms with Crippen LogP contribution < -0.4 is 14.8 Å². The van der Waals surface area contributed by atoms with Gasteiger partial charge in [-0.25, -0.2) is 14.1 Å². The van der Waals surface area contributed by atoms with Gasteiger partial charge in [0.25, 0.3) is 5.91 Å². The number of hydrogen-bond acceptors (Lipinski definition) is 5. The zero-order valence-corrected chi connectivity index (χ0v) is 20.6. The largest absolute Gasteiger partial charge is 0.497 e. The van der Waals surface area contributed by atoms with Crippen LogP contribution in [0.3, 0.4) is 0 Å². The summed E-state index contributed by atoms with van der Waals surface area (Å²) in [4.78, 5) is 16.9. The molecule has 2 aromatic heterocycles. The quantitative estimate of drug-likeness (QED) is 0.330. The smallest absolute Gasteiger partial charge is 0.271 e. The molecule has 0 saturated carbocycles. The molecule has 0 aliphatic carbocycles. The zero-order valence-electron chi connectivity index (χ0n) is 20.6. The summed E-state index contributed by atoms with van der Waals surface area (Å²) in [5.74, 6) is 0.702. The Hall–Kier alpha value is -4.66. The van der Waals surface area contributed by atoms with E-state index in [1.165, 1.54) is 12.1 Å². The molecule has 0 fully saturated rings. The molecule has 0 aliphatic heterocycles. The maximum atomic E-state index is 13.4. The van der Waals surface area contributed by atoms with Gasteiger partial charge in [-0.2, -0.15) is 5.10 Å². The Morgan fingerprint density at radius 3 is 2.59 bits per heavy atom. The fourth-order valence-electron chi connectivity index (χ4n) is 4.18. The first-order valence-corrected chi connectivity index (χ1v) is 11.7. The van der Waals surface area contributed by atoms with E-state index < -0.39 is 12.1 Å². The summed E-state index contributed by atoms with van der Waals surface area (Å²) in [6, 6.07) is 19.0. The van der Waals surface area contributed by atoms with Gasteiger partial charge in [-0.3, -0.25) is 4.79 Å². The number of nitrogens with one attached hydrogen (secondary N) is 1. The first kappa shape index (κ1) is 24.1. The van der Waals surface area contributed by atoms with Gasteiger partial charge in [-0.15, -0.1) is 0 Å². The van der Waals surface area contributed by atoms with Crippen LogP contribution in [0.4, 0.5) is 4.39 Å². The van der Waals surface area contributed by atoms with Crippen molar-refractivity contribution in [1.29, 1.82) is 0 Å². The van der Waals surface area contributed by atoms with Gasteiger partial charge in [-0.05, 0) is 67.1 Å². The molecule has 0 bridgehead atoms. The SMILES string of the molecule is COc1cccc([C@H](Oc2ccc3c(cnn3-c3ccc(F)cc3)c2)[C@H](C)NC(=O)c2cn(C)cn2)c1. The third kappa shape index (κ3) is 5.16. The predicted octanol–water partition coefficient (Wildman–Crippen LogP) is 4.85. The van der Waals surface area contributed by atoms with Crippen molar-refractivity contribution in [2.45, 2.75) is 19.1 Å². The van der Waals surface area contributed by atoms with Crippen molar-refractivity contribution < 1.29 is 18.7 Å². The van der Waals surface area contributed by atoms with Crippen LogP contribution in [0.15, 0.2) is 85.5 Å². The van der Waals surface area contributed by atoms with Crippen molar-refractivity contribution in [3.63, 3.8) is 0 Å². The lowest BCUT2D eigenvalue weighted by molar-refractivity contribution is 0.0877. The number of rotatable bonds is 8. The fourth-order valence-corrected chi connectivity index (χ4v) is 4.18. The number of ether oxygens (including phenoxy) is 2. The Bertz CT molecular complexity index is 1540. The lowest BCUT2D eigenvalue weighted by Crippen LogP contribution is -2.39. The number of carbonyl (C=O) groups is 1. The first-order valence-electron chi connectivity index (χ1n) is 11.7. The minimum atomic E-state index is -0.521. The number of halogens is 1. The maximum Gasteiger partial charge on any atom is 0.271 e. The van der Waals surface area contributed by atoms with Crippen molar-refractivity contribution in [2.24, 2.45) is 7.05 Å². The van der Waals surface area contributed by atoms with Crippen molar-refractivity contribution in [1.82, 2.24) is 24.6 Å². The highest BCUT2D eigenvalue weighted by Crippen LogP contribution is 2.30. The van der Waals surface area contributed by atoms with Crippen molar-refractivity contribution in [3.05, 3.63) is 103 Å². The molecule has 0 unspecified atom stereocenters. The van der Waals surface area contributed by atoms with Crippen LogP contribution in [0.1, 0.15) is 29.1 Å². The molecule has 188 valence electrons. The van der Waals surface area contributed by atoms with E-state index in [1.54, 1.807) is 47.2 Å². The van der Waals surface area contributed by atoms with Crippen LogP contribution in [0.2, 0.25) is 0 Å². The van der Waals surface area contributed by atoms with Gasteiger partial charge in [0.2, 0.25) is 0 Å². The molecule has 0 radical (unpaired) electrons. The molecule has 9 heteroatoms. The van der Waals surface area contributed by atoms with E-state index in [0.29, 0.717) is 17.2 Å². The monoisotopic (exact) mass is 499 g/mol. The molecule has 37 heavy (non-hydrogen) atoms. The van der Waals surface area contributed by atoms with Gasteiger partial charge in [0, 0.05) is 18.6 Å². The Morgan fingerprint density at radius 1 is 1.05 bits per heavy atom. The van der Waals surface area contributed by atoms with Gasteiger partial charge in [0.1, 0.15) is 29.1 Å². The predicted molar refractivity (Wildman–Crippen MR) is 138 cm³/mol. The van der Waals surface area contributed by atoms with Crippen LogP contribution in [-0.2, 0) is 7.05 Å². The summed E-state index contributed by atoms with van der Waals surface area (Å²) in [5, 5.41) is 8.33. The lowest BCUT2D eigenvalue weighted by Gasteiger charge is -2.26. The van der Waals surface area contributed by atoms with Crippen LogP contribution in [-0.4, -0.2) is 38.4 Å². The Morgan fingerprint density at radius 2 is 1.86 bits per heavy atom. The number of carbonyl (C=O) groups excluding carboxylic acids is 1. The maximum absolute atomic E-state index is 13.4. The summed E-state index contributed by atoms with van der Waals surface area (Å²) in [6.07, 6.45) is 4.46. The Balaban J connectivity index is 1.44. The molecule has 0 spiro atoms. The summed E-state index contributed by atoms with van der Waals surface area (Å²) in [5.41, 5.74) is 2.78. The molecule has 5 aromatic rings. The van der Waals surface area contributed by atoms with E-state index >= 15 is 0 Å². The number of amides is 1. The third-order valence-electron chi connectivity index (χ3n) is 6.05. The van der Waals surface area contributed by atoms with E-state index in [2.05, 4.69) is 15.4 Å². The van der Waals surface area contributed by atoms with Crippen LogP contribution in [0.5, 0.6) is 11.5 Å². The third-order valence-corrected chi connectivity index (χ3v) is 6.05. The molecule has 0 aliphatic rings. The molecule has 2 heterocycles. The molecular formula is C28H26FN5O3. The number of benzene rings is 3. The fraction of sp³-hybridized carbons (Fsp3) is 0.179. The molecule has 5 rings (SSSR count). The van der Waals surface area contributed by atoms with Gasteiger partial charge < -0.3 is 19.4 Å². The highest BCUT2D eigenvalue weighted by Gasteiger charge is 2.25. The van der Waals surface area contributed by atoms with Gasteiger partial charge >= 0.3 is 0 Å². The number of methoxy groups -OCH3 is 1. The summed E-state index contributed by atoms with van der Waals surface area (Å²) in [7, 11) is 3.41. The average molecular weight is 500 g/mol. The van der Waals surface area contributed by atoms with Crippen LogP contribution in [0, 0.1) is 5.82 Å². The van der Waals surface area contributed by atoms with E-state index in [1.807, 2.05) is 56.4 Å². The summed E-state index contributed by atoms with van der Waals surface area (Å²) >= 11 is 0. The van der Waals surface area contributed by atoms with Crippen molar-refractivity contribution in [3.8, 4) is 17.2 Å². The van der Waals surface area contributed by atoms with E-state index in [-0.39, 0.29) is 11.7 Å². The standard InChI is InChI=1S/C28H26FN5O3/c1-18(32-28(35)25-16-33(2)17-30-25)27(19-5-4-6-23(13-19)36-3)37-24-11-12-26-20(14-24)15-31-34(26)22-9-7-21(29)8-10-22/h4-18,27H,1-3H3,(H,32,35)/t18-,27+/m0/s1. The second-order valence-electron chi connectivity index (χ2n) is 8.75. The number of fused-ring (bicyclic) bond motifs is 1. The minimum absolute atomic E-state index is 0.291. The molecule has 1 N–H and O–H groups in total. The van der Waals surface area contributed by atoms with E-state index in [0.717, 1.165) is 22.2 Å². The normalized spacial score (nSPS) is 12.8. The summed E-state index contributed by atoms with van der Waals surface area (Å²) < 4.78 is 28.7. The second-order valence-corrected chi connectivity index (χ2v) is 8.75. The molecule has 2 atom stereocenters. The number of imidazole rings is 1. The number of aromatic nitrogens is 4. The van der Waals surface area contributed by atoms with Crippen LogP contribution in [0.25, 0.3) is 16.6 Å². The number of aryl methyl sites for hydroxylation is 1. The lowest BCUT2D eigenvalue weighted by atomic mass is 10.0. The summed E-state index contributed by atoms with van der Waals surface area (Å²) in [6.45, 7) is 1.88. The van der Waals surface area contributed by atoms with Gasteiger partial charge in [0.05, 0.1) is 36.9 Å². The number of nitrogens with zero attached hydrogens (tertiary/aromatic N) is 4. The molecule has 8 nitrogen and oxygen atoms in total. The minimum Gasteiger partial charge on any atom is -0.497 e.